The zero-order valence-electron chi connectivity index (χ0n) is 18.3. The molecule has 1 aliphatic rings. The summed E-state index contributed by atoms with van der Waals surface area (Å²) in [4.78, 5) is 48.5. The minimum absolute atomic E-state index is 0.120. The van der Waals surface area contributed by atoms with Crippen LogP contribution in [-0.2, 0) is 14.3 Å². The molecular formula is C24H26N4O5. The number of esters is 1. The van der Waals surface area contributed by atoms with Gasteiger partial charge in [-0.15, -0.1) is 0 Å². The number of benzene rings is 2. The fraction of sp³-hybridized carbons (Fsp3) is 0.292. The Kier molecular flexibility index (Phi) is 8.29. The average Bonchev–Trinajstić information content (AvgIpc) is 2.84. The van der Waals surface area contributed by atoms with Crippen molar-refractivity contribution in [3.05, 3.63) is 65.2 Å². The second-order valence-corrected chi connectivity index (χ2v) is 7.62. The number of anilines is 1. The second kappa shape index (κ2) is 11.6. The Labute approximate surface area is 191 Å². The largest absolute Gasteiger partial charge is 0.465 e. The number of amides is 3. The fourth-order valence-corrected chi connectivity index (χ4v) is 3.52. The predicted molar refractivity (Wildman–Crippen MR) is 123 cm³/mol. The van der Waals surface area contributed by atoms with E-state index in [-0.39, 0.29) is 17.6 Å². The zero-order chi connectivity index (χ0) is 23.6. The lowest BCUT2D eigenvalue weighted by molar-refractivity contribution is -0.136. The van der Waals surface area contributed by atoms with Gasteiger partial charge in [0.05, 0.1) is 30.1 Å². The molecule has 0 heterocycles. The van der Waals surface area contributed by atoms with Crippen LogP contribution in [0.4, 0.5) is 5.69 Å². The molecule has 1 fully saturated rings. The molecule has 0 aromatic heterocycles. The van der Waals surface area contributed by atoms with E-state index in [4.69, 9.17) is 0 Å². The molecule has 0 saturated heterocycles. The van der Waals surface area contributed by atoms with Gasteiger partial charge in [-0.05, 0) is 42.7 Å². The van der Waals surface area contributed by atoms with Crippen LogP contribution in [0.3, 0.4) is 0 Å². The molecule has 3 N–H and O–H groups in total. The molecule has 1 saturated carbocycles. The van der Waals surface area contributed by atoms with Gasteiger partial charge in [0.25, 0.3) is 5.91 Å². The molecule has 0 spiro atoms. The van der Waals surface area contributed by atoms with Crippen LogP contribution >= 0.6 is 0 Å². The maximum absolute atomic E-state index is 12.7. The molecule has 3 amide bonds. The number of hydrogen-bond acceptors (Lipinski definition) is 6. The number of ether oxygens (including phenoxy) is 1. The van der Waals surface area contributed by atoms with Gasteiger partial charge in [0.1, 0.15) is 0 Å². The number of rotatable bonds is 6. The monoisotopic (exact) mass is 450 g/mol. The average molecular weight is 450 g/mol. The van der Waals surface area contributed by atoms with Crippen LogP contribution in [0.25, 0.3) is 0 Å². The Morgan fingerprint density at radius 1 is 0.939 bits per heavy atom. The van der Waals surface area contributed by atoms with Crippen molar-refractivity contribution in [1.29, 1.82) is 0 Å². The summed E-state index contributed by atoms with van der Waals surface area (Å²) in [5.41, 5.74) is 3.66. The lowest BCUT2D eigenvalue weighted by atomic mass is 9.95. The molecule has 9 nitrogen and oxygen atoms in total. The predicted octanol–water partition coefficient (Wildman–Crippen LogP) is 2.62. The van der Waals surface area contributed by atoms with Crippen molar-refractivity contribution in [2.24, 2.45) is 5.10 Å². The Morgan fingerprint density at radius 2 is 1.64 bits per heavy atom. The topological polar surface area (TPSA) is 126 Å². The van der Waals surface area contributed by atoms with E-state index >= 15 is 0 Å². The Hall–Kier alpha value is -4.01. The summed E-state index contributed by atoms with van der Waals surface area (Å²) in [5, 5.41) is 9.22. The minimum Gasteiger partial charge on any atom is -0.465 e. The molecular weight excluding hydrogens is 424 g/mol. The Morgan fingerprint density at radius 3 is 2.33 bits per heavy atom. The van der Waals surface area contributed by atoms with Crippen molar-refractivity contribution in [2.75, 3.05) is 12.4 Å². The molecule has 0 radical (unpaired) electrons. The second-order valence-electron chi connectivity index (χ2n) is 7.62. The molecule has 33 heavy (non-hydrogen) atoms. The molecule has 0 unspecified atom stereocenters. The third-order valence-corrected chi connectivity index (χ3v) is 5.28. The van der Waals surface area contributed by atoms with E-state index < -0.39 is 17.8 Å². The van der Waals surface area contributed by atoms with Crippen molar-refractivity contribution in [2.45, 2.75) is 38.1 Å². The quantitative estimate of drug-likeness (QED) is 0.270. The summed E-state index contributed by atoms with van der Waals surface area (Å²) in [6.45, 7) is 0. The smallest absolute Gasteiger partial charge is 0.337 e. The number of methoxy groups -OCH3 is 1. The number of hydrogen-bond donors (Lipinski definition) is 3. The van der Waals surface area contributed by atoms with Gasteiger partial charge >= 0.3 is 17.8 Å². The molecule has 3 rings (SSSR count). The Bertz CT molecular complexity index is 1040. The summed E-state index contributed by atoms with van der Waals surface area (Å²) in [5.74, 6) is -2.69. The van der Waals surface area contributed by atoms with Gasteiger partial charge in [0.2, 0.25) is 0 Å². The fourth-order valence-electron chi connectivity index (χ4n) is 3.52. The first-order valence-electron chi connectivity index (χ1n) is 10.7. The number of hydrazone groups is 1. The van der Waals surface area contributed by atoms with Gasteiger partial charge in [0.15, 0.2) is 0 Å². The molecule has 0 aliphatic heterocycles. The molecule has 1 aliphatic carbocycles. The normalized spacial score (nSPS) is 13.8. The number of nitrogens with zero attached hydrogens (tertiary/aromatic N) is 1. The van der Waals surface area contributed by atoms with Crippen molar-refractivity contribution in [3.8, 4) is 0 Å². The van der Waals surface area contributed by atoms with Crippen LogP contribution in [0.5, 0.6) is 0 Å². The van der Waals surface area contributed by atoms with E-state index in [1.807, 2.05) is 0 Å². The highest BCUT2D eigenvalue weighted by molar-refractivity contribution is 6.40. The van der Waals surface area contributed by atoms with Crippen LogP contribution < -0.4 is 16.1 Å². The first-order valence-corrected chi connectivity index (χ1v) is 10.7. The number of para-hydroxylation sites is 1. The van der Waals surface area contributed by atoms with Gasteiger partial charge < -0.3 is 15.4 Å². The van der Waals surface area contributed by atoms with E-state index in [2.05, 4.69) is 25.9 Å². The molecule has 9 heteroatoms. The minimum atomic E-state index is -0.986. The summed E-state index contributed by atoms with van der Waals surface area (Å²) in [6, 6.07) is 13.0. The first-order chi connectivity index (χ1) is 16.0. The maximum atomic E-state index is 12.7. The summed E-state index contributed by atoms with van der Waals surface area (Å²) in [7, 11) is 1.29. The van der Waals surface area contributed by atoms with Crippen molar-refractivity contribution < 1.29 is 23.9 Å². The van der Waals surface area contributed by atoms with Crippen LogP contribution in [0.2, 0.25) is 0 Å². The molecule has 172 valence electrons. The molecule has 0 atom stereocenters. The lowest BCUT2D eigenvalue weighted by Crippen LogP contribution is -2.37. The van der Waals surface area contributed by atoms with Crippen molar-refractivity contribution >= 4 is 35.6 Å². The van der Waals surface area contributed by atoms with Crippen LogP contribution in [-0.4, -0.2) is 43.1 Å². The summed E-state index contributed by atoms with van der Waals surface area (Å²) in [6.07, 6.45) is 6.55. The number of nitrogens with one attached hydrogen (secondary N) is 3. The van der Waals surface area contributed by atoms with Gasteiger partial charge in [-0.1, -0.05) is 43.5 Å². The number of carbonyl (C=O) groups is 4. The summed E-state index contributed by atoms with van der Waals surface area (Å²) >= 11 is 0. The number of carbonyl (C=O) groups excluding carboxylic acids is 4. The van der Waals surface area contributed by atoms with Gasteiger partial charge in [-0.3, -0.25) is 14.4 Å². The van der Waals surface area contributed by atoms with Crippen LogP contribution in [0, 0.1) is 0 Å². The molecule has 0 bridgehead atoms. The van der Waals surface area contributed by atoms with Crippen molar-refractivity contribution in [1.82, 2.24) is 10.7 Å². The van der Waals surface area contributed by atoms with Gasteiger partial charge in [-0.2, -0.15) is 5.10 Å². The first kappa shape index (κ1) is 23.6. The SMILES string of the molecule is COC(=O)c1ccc(C=NNC(=O)C(=O)Nc2ccccc2C(=O)NC2CCCCC2)cc1. The highest BCUT2D eigenvalue weighted by Crippen LogP contribution is 2.20. The zero-order valence-corrected chi connectivity index (χ0v) is 18.3. The van der Waals surface area contributed by atoms with E-state index in [0.29, 0.717) is 16.7 Å². The Balaban J connectivity index is 1.56. The van der Waals surface area contributed by atoms with E-state index in [9.17, 15) is 19.2 Å². The van der Waals surface area contributed by atoms with Crippen LogP contribution in [0.1, 0.15) is 58.4 Å². The molecule has 2 aromatic rings. The van der Waals surface area contributed by atoms with Gasteiger partial charge in [-0.25, -0.2) is 10.2 Å². The molecule has 2 aromatic carbocycles. The van der Waals surface area contributed by atoms with E-state index in [1.54, 1.807) is 48.5 Å². The maximum Gasteiger partial charge on any atom is 0.337 e. The third-order valence-electron chi connectivity index (χ3n) is 5.28. The van der Waals surface area contributed by atoms with E-state index in [0.717, 1.165) is 25.7 Å². The standard InChI is InChI=1S/C24H26N4O5/c1-33-24(32)17-13-11-16(12-14-17)15-25-28-23(31)22(30)27-20-10-6-5-9-19(20)21(29)26-18-7-3-2-4-8-18/h5-6,9-15,18H,2-4,7-8H2,1H3,(H,26,29)(H,27,30)(H,28,31). The highest BCUT2D eigenvalue weighted by Gasteiger charge is 2.20. The van der Waals surface area contributed by atoms with Crippen LogP contribution in [0.15, 0.2) is 53.6 Å². The third kappa shape index (κ3) is 6.73. The highest BCUT2D eigenvalue weighted by atomic mass is 16.5. The lowest BCUT2D eigenvalue weighted by Gasteiger charge is -2.23. The van der Waals surface area contributed by atoms with E-state index in [1.165, 1.54) is 19.7 Å². The summed E-state index contributed by atoms with van der Waals surface area (Å²) < 4.78 is 4.63. The van der Waals surface area contributed by atoms with Gasteiger partial charge in [0, 0.05) is 6.04 Å². The van der Waals surface area contributed by atoms with Crippen molar-refractivity contribution in [3.63, 3.8) is 0 Å².